The minimum atomic E-state index is -1.08. The topological polar surface area (TPSA) is 251 Å². The first-order valence-corrected chi connectivity index (χ1v) is 21.3. The molecule has 0 aromatic heterocycles. The van der Waals surface area contributed by atoms with Gasteiger partial charge in [0.2, 0.25) is 0 Å². The van der Waals surface area contributed by atoms with Gasteiger partial charge in [-0.3, -0.25) is 38.8 Å². The number of ether oxygens (including phenoxy) is 7. The van der Waals surface area contributed by atoms with Gasteiger partial charge in [-0.2, -0.15) is 0 Å². The summed E-state index contributed by atoms with van der Waals surface area (Å²) in [4.78, 5) is 53.8. The van der Waals surface area contributed by atoms with Crippen molar-refractivity contribution in [3.63, 3.8) is 0 Å². The largest absolute Gasteiger partial charge is 0.480 e. The van der Waals surface area contributed by atoms with E-state index in [0.717, 1.165) is 5.56 Å². The third-order valence-corrected chi connectivity index (χ3v) is 9.47. The molecule has 1 heterocycles. The molecule has 1 aliphatic rings. The van der Waals surface area contributed by atoms with Crippen LogP contribution in [0, 0.1) is 0 Å². The molecule has 357 valence electrons. The molecule has 0 spiro atoms. The molecule has 1 saturated heterocycles. The number of nitrogens with zero attached hydrogens (tertiary/aromatic N) is 4. The van der Waals surface area contributed by atoms with Gasteiger partial charge in [0, 0.05) is 103 Å². The number of aliphatic carboxylic acids is 4. The van der Waals surface area contributed by atoms with Crippen molar-refractivity contribution >= 4 is 46.9 Å². The van der Waals surface area contributed by atoms with Crippen LogP contribution in [0.4, 0.5) is 5.69 Å². The number of carboxylic acids is 4. The van der Waals surface area contributed by atoms with Gasteiger partial charge in [0.1, 0.15) is 0 Å². The maximum Gasteiger partial charge on any atom is 0.317 e. The predicted octanol–water partition coefficient (Wildman–Crippen LogP) is -0.422. The molecule has 2 rings (SSSR count). The van der Waals surface area contributed by atoms with Crippen LogP contribution < -0.4 is 10.6 Å². The number of hydrogen-bond donors (Lipinski definition) is 6. The summed E-state index contributed by atoms with van der Waals surface area (Å²) in [6, 6.07) is 6.94. The zero-order valence-corrected chi connectivity index (χ0v) is 40.2. The molecule has 1 unspecified atom stereocenters. The molecule has 1 aromatic carbocycles. The van der Waals surface area contributed by atoms with E-state index in [1.54, 1.807) is 19.6 Å². The van der Waals surface area contributed by atoms with Crippen molar-refractivity contribution in [2.24, 2.45) is 0 Å². The molecular formula is C40H68N6O15SY. The standard InChI is InChI=1S/C40H68N6O15S.Y/c1-2-55-15-16-57-19-20-59-23-24-61-26-25-60-22-21-58-18-17-56-14-7-41-40(62)42-34-5-3-33(4-6-34)27-35-28-45(31-38(51)52)11-10-43(29-36(47)48)8-9-44(30-37(49)50)12-13-46(35)32-39(53)54;/h3-6,35H,2,7-32H2,1H3,(H,47,48)(H,49,50)(H,51,52)(H,53,54)(H2,41,42,62);. The van der Waals surface area contributed by atoms with Gasteiger partial charge in [0.15, 0.2) is 5.11 Å². The maximum absolute atomic E-state index is 12.0. The van der Waals surface area contributed by atoms with Gasteiger partial charge in [-0.05, 0) is 43.3 Å². The van der Waals surface area contributed by atoms with Gasteiger partial charge in [0.05, 0.1) is 112 Å². The monoisotopic (exact) mass is 993 g/mol. The van der Waals surface area contributed by atoms with E-state index in [1.165, 1.54) is 0 Å². The Kier molecular flexibility index (Phi) is 34.9. The van der Waals surface area contributed by atoms with Crippen LogP contribution in [0.25, 0.3) is 0 Å². The quantitative estimate of drug-likeness (QED) is 0.0387. The Morgan fingerprint density at radius 2 is 0.952 bits per heavy atom. The molecule has 63 heavy (non-hydrogen) atoms. The summed E-state index contributed by atoms with van der Waals surface area (Å²) in [6.07, 6.45) is 0.359. The van der Waals surface area contributed by atoms with Crippen molar-refractivity contribution in [2.75, 3.05) is 176 Å². The van der Waals surface area contributed by atoms with Crippen LogP contribution in [0.15, 0.2) is 24.3 Å². The number of nitrogens with one attached hydrogen (secondary N) is 2. The summed E-state index contributed by atoms with van der Waals surface area (Å²) >= 11 is 5.44. The summed E-state index contributed by atoms with van der Waals surface area (Å²) in [5.41, 5.74) is 1.57. The average Bonchev–Trinajstić information content (AvgIpc) is 3.21. The molecule has 23 heteroatoms. The Labute approximate surface area is 400 Å². The van der Waals surface area contributed by atoms with Crippen LogP contribution in [0.1, 0.15) is 12.5 Å². The van der Waals surface area contributed by atoms with Crippen molar-refractivity contribution in [3.05, 3.63) is 29.8 Å². The van der Waals surface area contributed by atoms with Crippen LogP contribution in [-0.4, -0.2) is 246 Å². The molecule has 1 aliphatic heterocycles. The van der Waals surface area contributed by atoms with E-state index >= 15 is 0 Å². The molecule has 6 N–H and O–H groups in total. The van der Waals surface area contributed by atoms with E-state index in [4.69, 9.17) is 45.4 Å². The van der Waals surface area contributed by atoms with Crippen molar-refractivity contribution in [2.45, 2.75) is 19.4 Å². The van der Waals surface area contributed by atoms with Crippen molar-refractivity contribution in [1.29, 1.82) is 0 Å². The van der Waals surface area contributed by atoms with E-state index in [2.05, 4.69) is 10.6 Å². The van der Waals surface area contributed by atoms with Gasteiger partial charge in [-0.25, -0.2) is 0 Å². The number of carbonyl (C=O) groups is 4. The van der Waals surface area contributed by atoms with Crippen LogP contribution in [0.3, 0.4) is 0 Å². The summed E-state index contributed by atoms with van der Waals surface area (Å²) in [5, 5.41) is 45.1. The zero-order valence-electron chi connectivity index (χ0n) is 36.5. The number of carboxylic acid groups (broad SMARTS) is 4. The van der Waals surface area contributed by atoms with E-state index < -0.39 is 29.9 Å². The third-order valence-electron chi connectivity index (χ3n) is 9.22. The van der Waals surface area contributed by atoms with Crippen LogP contribution >= 0.6 is 12.2 Å². The van der Waals surface area contributed by atoms with Gasteiger partial charge < -0.3 is 64.2 Å². The van der Waals surface area contributed by atoms with Crippen LogP contribution in [0.5, 0.6) is 0 Å². The Hall–Kier alpha value is -2.55. The minimum Gasteiger partial charge on any atom is -0.480 e. The molecular weight excluding hydrogens is 925 g/mol. The first-order valence-electron chi connectivity index (χ1n) is 20.9. The molecule has 21 nitrogen and oxygen atoms in total. The molecule has 0 saturated carbocycles. The number of benzene rings is 1. The number of thiocarbonyl (C=S) groups is 1. The second-order valence-electron chi connectivity index (χ2n) is 14.1. The third kappa shape index (κ3) is 31.9. The Morgan fingerprint density at radius 1 is 0.571 bits per heavy atom. The summed E-state index contributed by atoms with van der Waals surface area (Å²) in [5.74, 6) is -4.26. The molecule has 0 aliphatic carbocycles. The molecule has 1 aromatic rings. The number of hydrogen-bond acceptors (Lipinski definition) is 16. The van der Waals surface area contributed by atoms with E-state index in [1.807, 2.05) is 31.2 Å². The van der Waals surface area contributed by atoms with E-state index in [0.29, 0.717) is 116 Å². The van der Waals surface area contributed by atoms with Gasteiger partial charge in [-0.1, -0.05) is 12.1 Å². The fourth-order valence-electron chi connectivity index (χ4n) is 6.23. The van der Waals surface area contributed by atoms with E-state index in [-0.39, 0.29) is 105 Å². The molecule has 1 atom stereocenters. The summed E-state index contributed by atoms with van der Waals surface area (Å²) < 4.78 is 38.1. The first kappa shape index (κ1) is 58.5. The summed E-state index contributed by atoms with van der Waals surface area (Å²) in [6.45, 7) is 9.54. The van der Waals surface area contributed by atoms with Crippen molar-refractivity contribution in [3.8, 4) is 0 Å². The summed E-state index contributed by atoms with van der Waals surface area (Å²) in [7, 11) is 0. The normalized spacial score (nSPS) is 16.0. The Bertz CT molecular complexity index is 1410. The maximum atomic E-state index is 12.0. The zero-order chi connectivity index (χ0) is 45.2. The fourth-order valence-corrected chi connectivity index (χ4v) is 6.45. The van der Waals surface area contributed by atoms with Gasteiger partial charge >= 0.3 is 23.9 Å². The number of rotatable bonds is 33. The van der Waals surface area contributed by atoms with Crippen LogP contribution in [0.2, 0.25) is 0 Å². The minimum absolute atomic E-state index is 0. The molecule has 1 radical (unpaired) electrons. The Balaban J connectivity index is 0.0000198. The second-order valence-corrected chi connectivity index (χ2v) is 14.5. The van der Waals surface area contributed by atoms with Crippen molar-refractivity contribution < 1.29 is 105 Å². The SMILES string of the molecule is CCOCCOCCOCCOCCOCCOCCOCCNC(=S)Nc1ccc(CC2CN(CC(=O)O)CCN(CC(=O)O)CCN(CC(=O)O)CCN2CC(=O)O)cc1.[Y]. The second kappa shape index (κ2) is 37.7. The fraction of sp³-hybridized carbons (Fsp3) is 0.725. The smallest absolute Gasteiger partial charge is 0.317 e. The molecule has 0 amide bonds. The Morgan fingerprint density at radius 3 is 1.38 bits per heavy atom. The molecule has 0 bridgehead atoms. The predicted molar refractivity (Wildman–Crippen MR) is 231 cm³/mol. The average molecular weight is 994 g/mol. The van der Waals surface area contributed by atoms with Crippen LogP contribution in [-0.2, 0) is 91.5 Å². The first-order chi connectivity index (χ1) is 29.9. The number of anilines is 1. The van der Waals surface area contributed by atoms with Crippen molar-refractivity contribution in [1.82, 2.24) is 24.9 Å². The van der Waals surface area contributed by atoms with E-state index in [9.17, 15) is 39.6 Å². The van der Waals surface area contributed by atoms with Gasteiger partial charge in [0.25, 0.3) is 0 Å². The molecule has 1 fully saturated rings. The van der Waals surface area contributed by atoms with Gasteiger partial charge in [-0.15, -0.1) is 0 Å².